The second-order valence-corrected chi connectivity index (χ2v) is 8.69. The van der Waals surface area contributed by atoms with Crippen molar-refractivity contribution in [2.45, 2.75) is 44.0 Å². The number of benzene rings is 3. The Labute approximate surface area is 200 Å². The second kappa shape index (κ2) is 11.6. The zero-order valence-electron chi connectivity index (χ0n) is 19.2. The van der Waals surface area contributed by atoms with Crippen molar-refractivity contribution in [1.82, 2.24) is 10.6 Å². The molecule has 3 atom stereocenters. The van der Waals surface area contributed by atoms with Gasteiger partial charge in [0.15, 0.2) is 0 Å². The maximum atomic E-state index is 12.9. The van der Waals surface area contributed by atoms with Gasteiger partial charge in [0.05, 0.1) is 6.61 Å². The minimum absolute atomic E-state index is 0.235. The number of amides is 2. The van der Waals surface area contributed by atoms with E-state index in [-0.39, 0.29) is 17.9 Å². The van der Waals surface area contributed by atoms with Crippen molar-refractivity contribution >= 4 is 11.8 Å². The number of hydrogen-bond acceptors (Lipinski definition) is 4. The van der Waals surface area contributed by atoms with E-state index in [1.165, 1.54) is 5.56 Å². The van der Waals surface area contributed by atoms with Gasteiger partial charge in [-0.25, -0.2) is 0 Å². The van der Waals surface area contributed by atoms with E-state index >= 15 is 0 Å². The number of ether oxygens (including phenoxy) is 1. The van der Waals surface area contributed by atoms with E-state index in [2.05, 4.69) is 22.8 Å². The maximum Gasteiger partial charge on any atom is 0.251 e. The molecule has 0 radical (unpaired) electrons. The highest BCUT2D eigenvalue weighted by molar-refractivity contribution is 5.97. The predicted octanol–water partition coefficient (Wildman–Crippen LogP) is 3.52. The first-order valence-corrected chi connectivity index (χ1v) is 11.7. The number of carbonyl (C=O) groups is 2. The van der Waals surface area contributed by atoms with Gasteiger partial charge in [-0.15, -0.1) is 0 Å². The quantitative estimate of drug-likeness (QED) is 0.384. The van der Waals surface area contributed by atoms with Crippen LogP contribution < -0.4 is 16.4 Å². The lowest BCUT2D eigenvalue weighted by atomic mass is 10.1. The van der Waals surface area contributed by atoms with Gasteiger partial charge in [0.1, 0.15) is 6.04 Å². The molecule has 1 aliphatic rings. The molecule has 34 heavy (non-hydrogen) atoms. The van der Waals surface area contributed by atoms with Crippen molar-refractivity contribution in [2.24, 2.45) is 5.73 Å². The summed E-state index contributed by atoms with van der Waals surface area (Å²) in [4.78, 5) is 25.6. The van der Waals surface area contributed by atoms with Crippen LogP contribution in [0, 0.1) is 0 Å². The van der Waals surface area contributed by atoms with Crippen molar-refractivity contribution in [1.29, 1.82) is 0 Å². The van der Waals surface area contributed by atoms with Gasteiger partial charge in [0, 0.05) is 30.7 Å². The summed E-state index contributed by atoms with van der Waals surface area (Å²) in [5.74, 6) is -0.0683. The highest BCUT2D eigenvalue weighted by Gasteiger charge is 2.34. The molecular weight excluding hydrogens is 426 g/mol. The Bertz CT molecular complexity index is 1090. The third kappa shape index (κ3) is 6.76. The van der Waals surface area contributed by atoms with Crippen LogP contribution >= 0.6 is 0 Å². The molecule has 6 nitrogen and oxygen atoms in total. The molecule has 6 heteroatoms. The van der Waals surface area contributed by atoms with Crippen LogP contribution in [0.15, 0.2) is 84.9 Å². The average Bonchev–Trinajstić information content (AvgIpc) is 3.62. The zero-order chi connectivity index (χ0) is 23.8. The predicted molar refractivity (Wildman–Crippen MR) is 132 cm³/mol. The van der Waals surface area contributed by atoms with Gasteiger partial charge >= 0.3 is 0 Å². The first-order chi connectivity index (χ1) is 16.6. The summed E-state index contributed by atoms with van der Waals surface area (Å²) in [5, 5.41) is 5.78. The Hall–Kier alpha value is -3.48. The van der Waals surface area contributed by atoms with Crippen LogP contribution in [0.25, 0.3) is 0 Å². The monoisotopic (exact) mass is 457 g/mol. The Morgan fingerprint density at radius 2 is 1.62 bits per heavy atom. The smallest absolute Gasteiger partial charge is 0.251 e. The van der Waals surface area contributed by atoms with Crippen LogP contribution in [0.3, 0.4) is 0 Å². The van der Waals surface area contributed by atoms with Crippen LogP contribution in [0.5, 0.6) is 0 Å². The molecule has 1 fully saturated rings. The molecular formula is C28H31N3O3. The molecule has 4 N–H and O–H groups in total. The molecule has 0 saturated heterocycles. The van der Waals surface area contributed by atoms with E-state index in [9.17, 15) is 9.59 Å². The lowest BCUT2D eigenvalue weighted by Gasteiger charge is -2.19. The summed E-state index contributed by atoms with van der Waals surface area (Å²) in [6.45, 7) is 1.18. The van der Waals surface area contributed by atoms with E-state index in [4.69, 9.17) is 10.5 Å². The Morgan fingerprint density at radius 3 is 2.32 bits per heavy atom. The van der Waals surface area contributed by atoms with E-state index in [0.29, 0.717) is 37.7 Å². The third-order valence-electron chi connectivity index (χ3n) is 6.01. The molecule has 1 saturated carbocycles. The minimum atomic E-state index is -0.702. The van der Waals surface area contributed by atoms with E-state index < -0.39 is 6.04 Å². The van der Waals surface area contributed by atoms with Crippen LogP contribution in [0.4, 0.5) is 0 Å². The van der Waals surface area contributed by atoms with Gasteiger partial charge in [-0.05, 0) is 41.7 Å². The Morgan fingerprint density at radius 1 is 0.941 bits per heavy atom. The zero-order valence-corrected chi connectivity index (χ0v) is 19.2. The van der Waals surface area contributed by atoms with Crippen molar-refractivity contribution < 1.29 is 14.3 Å². The van der Waals surface area contributed by atoms with E-state index in [1.807, 2.05) is 48.5 Å². The molecule has 0 aromatic heterocycles. The maximum absolute atomic E-state index is 12.9. The number of nitrogens with one attached hydrogen (secondary N) is 2. The van der Waals surface area contributed by atoms with Gasteiger partial charge in [-0.3, -0.25) is 9.59 Å². The Balaban J connectivity index is 1.32. The number of hydrogen-bond donors (Lipinski definition) is 3. The normalized spacial score (nSPS) is 17.6. The molecule has 0 aliphatic heterocycles. The number of nitrogens with two attached hydrogens (primary N) is 1. The molecule has 2 amide bonds. The third-order valence-corrected chi connectivity index (χ3v) is 6.01. The van der Waals surface area contributed by atoms with Crippen molar-refractivity contribution in [2.75, 3.05) is 6.61 Å². The molecule has 1 aliphatic carbocycles. The van der Waals surface area contributed by atoms with Crippen LogP contribution in [-0.2, 0) is 22.7 Å². The summed E-state index contributed by atoms with van der Waals surface area (Å²) in [6.07, 6.45) is 1.40. The number of carbonyl (C=O) groups excluding carboxylic acids is 2. The van der Waals surface area contributed by atoms with Crippen LogP contribution in [-0.4, -0.2) is 30.5 Å². The molecule has 0 spiro atoms. The molecule has 3 aromatic carbocycles. The minimum Gasteiger partial charge on any atom is -0.377 e. The van der Waals surface area contributed by atoms with Gasteiger partial charge < -0.3 is 21.1 Å². The van der Waals surface area contributed by atoms with Crippen molar-refractivity contribution in [3.05, 3.63) is 107 Å². The highest BCUT2D eigenvalue weighted by atomic mass is 16.5. The lowest BCUT2D eigenvalue weighted by molar-refractivity contribution is -0.123. The summed E-state index contributed by atoms with van der Waals surface area (Å²) >= 11 is 0. The molecule has 2 unspecified atom stereocenters. The van der Waals surface area contributed by atoms with Gasteiger partial charge in [0.25, 0.3) is 5.91 Å². The van der Waals surface area contributed by atoms with Crippen LogP contribution in [0.2, 0.25) is 0 Å². The molecule has 176 valence electrons. The summed E-state index contributed by atoms with van der Waals surface area (Å²) < 4.78 is 5.87. The standard InChI is InChI=1S/C28H31N3O3/c29-25-17-24(25)23-13-7-10-21(16-23)19-34-15-14-26(31-27(32)22-11-5-2-6-12-22)28(33)30-18-20-8-3-1-4-9-20/h1-13,16,24-26H,14-15,17-19,29H2,(H,30,33)(H,31,32)/t24?,25?,26-/m0/s1. The first-order valence-electron chi connectivity index (χ1n) is 11.7. The SMILES string of the molecule is NC1CC1c1cccc(COCC[C@H](NC(=O)c2ccccc2)C(=O)NCc2ccccc2)c1. The van der Waals surface area contributed by atoms with E-state index in [1.54, 1.807) is 24.3 Å². The van der Waals surface area contributed by atoms with Crippen molar-refractivity contribution in [3.8, 4) is 0 Å². The molecule has 0 heterocycles. The summed E-state index contributed by atoms with van der Waals surface area (Å²) in [5.41, 5.74) is 9.81. The fraction of sp³-hybridized carbons (Fsp3) is 0.286. The van der Waals surface area contributed by atoms with Gasteiger partial charge in [-0.2, -0.15) is 0 Å². The fourth-order valence-corrected chi connectivity index (χ4v) is 3.91. The number of rotatable bonds is 11. The van der Waals surface area contributed by atoms with Gasteiger partial charge in [0.2, 0.25) is 5.91 Å². The Kier molecular flexibility index (Phi) is 8.07. The fourth-order valence-electron chi connectivity index (χ4n) is 3.91. The van der Waals surface area contributed by atoms with Gasteiger partial charge in [-0.1, -0.05) is 72.8 Å². The highest BCUT2D eigenvalue weighted by Crippen LogP contribution is 2.39. The van der Waals surface area contributed by atoms with Crippen LogP contribution in [0.1, 0.15) is 45.8 Å². The molecule has 3 aromatic rings. The lowest BCUT2D eigenvalue weighted by Crippen LogP contribution is -2.47. The summed E-state index contributed by atoms with van der Waals surface area (Å²) in [7, 11) is 0. The largest absolute Gasteiger partial charge is 0.377 e. The summed E-state index contributed by atoms with van der Waals surface area (Å²) in [6, 6.07) is 26.4. The molecule has 0 bridgehead atoms. The van der Waals surface area contributed by atoms with E-state index in [0.717, 1.165) is 17.5 Å². The topological polar surface area (TPSA) is 93.4 Å². The average molecular weight is 458 g/mol. The molecule has 4 rings (SSSR count). The second-order valence-electron chi connectivity index (χ2n) is 8.69. The van der Waals surface area contributed by atoms with Crippen molar-refractivity contribution in [3.63, 3.8) is 0 Å². The first kappa shape index (κ1) is 23.7.